The summed E-state index contributed by atoms with van der Waals surface area (Å²) in [6.07, 6.45) is 0.903. The molecule has 3 heteroatoms. The average Bonchev–Trinajstić information content (AvgIpc) is 2.31. The highest BCUT2D eigenvalue weighted by atomic mass is 35.5. The quantitative estimate of drug-likeness (QED) is 0.810. The summed E-state index contributed by atoms with van der Waals surface area (Å²) in [5.41, 5.74) is 3.04. The van der Waals surface area contributed by atoms with Crippen LogP contribution in [-0.2, 0) is 0 Å². The van der Waals surface area contributed by atoms with Gasteiger partial charge in [0.25, 0.3) is 5.91 Å². The van der Waals surface area contributed by atoms with Crippen molar-refractivity contribution in [2.75, 3.05) is 5.88 Å². The normalized spacial score (nSPS) is 12.6. The lowest BCUT2D eigenvalue weighted by Crippen LogP contribution is -2.37. The summed E-state index contributed by atoms with van der Waals surface area (Å²) < 4.78 is 0. The molecule has 2 nitrogen and oxygen atoms in total. The average molecular weight is 268 g/mol. The summed E-state index contributed by atoms with van der Waals surface area (Å²) in [6.45, 7) is 8.31. The van der Waals surface area contributed by atoms with Crippen molar-refractivity contribution in [1.29, 1.82) is 0 Å². The molecule has 0 fully saturated rings. The van der Waals surface area contributed by atoms with Crippen LogP contribution in [0, 0.1) is 19.8 Å². The van der Waals surface area contributed by atoms with Crippen LogP contribution >= 0.6 is 11.6 Å². The first kappa shape index (κ1) is 15.0. The molecule has 0 aliphatic rings. The van der Waals surface area contributed by atoms with E-state index in [1.54, 1.807) is 0 Å². The molecule has 0 radical (unpaired) electrons. The van der Waals surface area contributed by atoms with Crippen LogP contribution in [0.1, 0.15) is 41.8 Å². The van der Waals surface area contributed by atoms with E-state index < -0.39 is 0 Å². The van der Waals surface area contributed by atoms with Crippen LogP contribution in [0.4, 0.5) is 0 Å². The van der Waals surface area contributed by atoms with Gasteiger partial charge < -0.3 is 5.32 Å². The highest BCUT2D eigenvalue weighted by molar-refractivity contribution is 6.18. The summed E-state index contributed by atoms with van der Waals surface area (Å²) in [6, 6.07) is 5.80. The van der Waals surface area contributed by atoms with Crippen LogP contribution < -0.4 is 5.32 Å². The molecule has 1 aromatic carbocycles. The highest BCUT2D eigenvalue weighted by Crippen LogP contribution is 2.11. The monoisotopic (exact) mass is 267 g/mol. The van der Waals surface area contributed by atoms with Crippen LogP contribution in [-0.4, -0.2) is 17.8 Å². The Morgan fingerprint density at radius 3 is 2.44 bits per heavy atom. The Bertz CT molecular complexity index is 415. The summed E-state index contributed by atoms with van der Waals surface area (Å²) >= 11 is 5.88. The van der Waals surface area contributed by atoms with Gasteiger partial charge in [-0.1, -0.05) is 19.9 Å². The van der Waals surface area contributed by atoms with Gasteiger partial charge in [0.1, 0.15) is 0 Å². The van der Waals surface area contributed by atoms with Gasteiger partial charge in [-0.05, 0) is 49.4 Å². The number of carbonyl (C=O) groups is 1. The lowest BCUT2D eigenvalue weighted by atomic mass is 10.0. The molecule has 1 rings (SSSR count). The van der Waals surface area contributed by atoms with E-state index in [0.717, 1.165) is 12.0 Å². The van der Waals surface area contributed by atoms with E-state index in [1.165, 1.54) is 5.56 Å². The lowest BCUT2D eigenvalue weighted by Gasteiger charge is -2.18. The second-order valence-electron chi connectivity index (χ2n) is 5.25. The molecular formula is C15H22ClNO. The summed E-state index contributed by atoms with van der Waals surface area (Å²) in [4.78, 5) is 12.1. The number of amides is 1. The van der Waals surface area contributed by atoms with Crippen molar-refractivity contribution in [3.8, 4) is 0 Å². The van der Waals surface area contributed by atoms with Gasteiger partial charge in [-0.3, -0.25) is 4.79 Å². The van der Waals surface area contributed by atoms with E-state index in [4.69, 9.17) is 11.6 Å². The van der Waals surface area contributed by atoms with Crippen LogP contribution in [0.15, 0.2) is 18.2 Å². The molecule has 1 atom stereocenters. The van der Waals surface area contributed by atoms with Gasteiger partial charge in [-0.15, -0.1) is 11.6 Å². The number of hydrogen-bond acceptors (Lipinski definition) is 1. The Balaban J connectivity index is 2.71. The Hall–Kier alpha value is -1.02. The molecule has 0 heterocycles. The molecule has 0 aliphatic heterocycles. The molecule has 0 saturated heterocycles. The van der Waals surface area contributed by atoms with Gasteiger partial charge in [0.05, 0.1) is 0 Å². The Labute approximate surface area is 115 Å². The zero-order valence-corrected chi connectivity index (χ0v) is 12.3. The zero-order valence-electron chi connectivity index (χ0n) is 11.6. The zero-order chi connectivity index (χ0) is 13.7. The molecule has 1 aromatic rings. The van der Waals surface area contributed by atoms with E-state index >= 15 is 0 Å². The Morgan fingerprint density at radius 1 is 1.28 bits per heavy atom. The van der Waals surface area contributed by atoms with E-state index in [9.17, 15) is 4.79 Å². The minimum absolute atomic E-state index is 0.0376. The minimum Gasteiger partial charge on any atom is -0.348 e. The largest absolute Gasteiger partial charge is 0.348 e. The van der Waals surface area contributed by atoms with Crippen LogP contribution in [0.3, 0.4) is 0 Å². The van der Waals surface area contributed by atoms with Crippen molar-refractivity contribution < 1.29 is 4.79 Å². The molecule has 0 saturated carbocycles. The van der Waals surface area contributed by atoms with E-state index in [1.807, 2.05) is 32.0 Å². The molecule has 0 spiro atoms. The number of benzene rings is 1. The number of aryl methyl sites for hydroxylation is 2. The van der Waals surface area contributed by atoms with Gasteiger partial charge in [0, 0.05) is 17.5 Å². The second-order valence-corrected chi connectivity index (χ2v) is 5.56. The maximum Gasteiger partial charge on any atom is 0.251 e. The number of halogens is 1. The number of alkyl halides is 1. The van der Waals surface area contributed by atoms with Crippen molar-refractivity contribution in [3.63, 3.8) is 0 Å². The first-order valence-electron chi connectivity index (χ1n) is 6.38. The topological polar surface area (TPSA) is 29.1 Å². The third-order valence-electron chi connectivity index (χ3n) is 3.05. The number of rotatable bonds is 5. The van der Waals surface area contributed by atoms with Crippen LogP contribution in [0.2, 0.25) is 0 Å². The summed E-state index contributed by atoms with van der Waals surface area (Å²) in [5, 5.41) is 2.99. The maximum absolute atomic E-state index is 12.1. The molecule has 0 aliphatic carbocycles. The third-order valence-corrected chi connectivity index (χ3v) is 3.42. The van der Waals surface area contributed by atoms with Crippen LogP contribution in [0.25, 0.3) is 0 Å². The number of carbonyl (C=O) groups excluding carboxylic acids is 1. The van der Waals surface area contributed by atoms with E-state index in [2.05, 4.69) is 19.2 Å². The molecule has 0 aromatic heterocycles. The molecular weight excluding hydrogens is 246 g/mol. The molecule has 18 heavy (non-hydrogen) atoms. The summed E-state index contributed by atoms with van der Waals surface area (Å²) in [7, 11) is 0. The van der Waals surface area contributed by atoms with E-state index in [0.29, 0.717) is 17.4 Å². The minimum atomic E-state index is -0.0376. The van der Waals surface area contributed by atoms with Gasteiger partial charge in [-0.25, -0.2) is 0 Å². The molecule has 0 bridgehead atoms. The van der Waals surface area contributed by atoms with E-state index in [-0.39, 0.29) is 11.9 Å². The molecule has 100 valence electrons. The molecule has 1 amide bonds. The molecule has 1 N–H and O–H groups in total. The summed E-state index contributed by atoms with van der Waals surface area (Å²) in [5.74, 6) is 0.938. The smallest absolute Gasteiger partial charge is 0.251 e. The fourth-order valence-corrected chi connectivity index (χ4v) is 2.08. The van der Waals surface area contributed by atoms with Gasteiger partial charge in [0.15, 0.2) is 0 Å². The number of hydrogen-bond donors (Lipinski definition) is 1. The van der Waals surface area contributed by atoms with Crippen molar-refractivity contribution in [3.05, 3.63) is 34.9 Å². The number of nitrogens with one attached hydrogen (secondary N) is 1. The first-order valence-corrected chi connectivity index (χ1v) is 6.91. The van der Waals surface area contributed by atoms with Crippen molar-refractivity contribution in [2.24, 2.45) is 5.92 Å². The second kappa shape index (κ2) is 6.79. The SMILES string of the molecule is Cc1ccc(C(=O)NC(CCl)CC(C)C)cc1C. The van der Waals surface area contributed by atoms with Gasteiger partial charge in [-0.2, -0.15) is 0 Å². The van der Waals surface area contributed by atoms with Gasteiger partial charge in [0.2, 0.25) is 0 Å². The standard InChI is InChI=1S/C15H22ClNO/c1-10(2)7-14(9-16)17-15(18)13-6-5-11(3)12(4)8-13/h5-6,8,10,14H,7,9H2,1-4H3,(H,17,18). The van der Waals surface area contributed by atoms with Crippen molar-refractivity contribution >= 4 is 17.5 Å². The van der Waals surface area contributed by atoms with Gasteiger partial charge >= 0.3 is 0 Å². The predicted octanol–water partition coefficient (Wildman–Crippen LogP) is 3.69. The third kappa shape index (κ3) is 4.34. The maximum atomic E-state index is 12.1. The first-order chi connectivity index (χ1) is 8.43. The molecule has 1 unspecified atom stereocenters. The fourth-order valence-electron chi connectivity index (χ4n) is 1.88. The van der Waals surface area contributed by atoms with Crippen LogP contribution in [0.5, 0.6) is 0 Å². The van der Waals surface area contributed by atoms with Crippen molar-refractivity contribution in [2.45, 2.75) is 40.2 Å². The van der Waals surface area contributed by atoms with Crippen molar-refractivity contribution in [1.82, 2.24) is 5.32 Å². The fraction of sp³-hybridized carbons (Fsp3) is 0.533. The Kier molecular flexibility index (Phi) is 5.67. The highest BCUT2D eigenvalue weighted by Gasteiger charge is 2.14. The lowest BCUT2D eigenvalue weighted by molar-refractivity contribution is 0.0936. The predicted molar refractivity (Wildman–Crippen MR) is 77.3 cm³/mol. The Morgan fingerprint density at radius 2 is 1.94 bits per heavy atom.